The minimum absolute atomic E-state index is 0.181. The number of aromatic nitrogens is 3. The molecule has 0 spiro atoms. The summed E-state index contributed by atoms with van der Waals surface area (Å²) < 4.78 is 1.77. The third-order valence-corrected chi connectivity index (χ3v) is 4.93. The molecule has 0 aliphatic heterocycles. The number of nitrogens with one attached hydrogen (secondary N) is 1. The molecule has 5 nitrogen and oxygen atoms in total. The van der Waals surface area contributed by atoms with Gasteiger partial charge in [0.25, 0.3) is 5.91 Å². The highest BCUT2D eigenvalue weighted by atomic mass is 32.1. The normalized spacial score (nSPS) is 10.6. The summed E-state index contributed by atoms with van der Waals surface area (Å²) in [6, 6.07) is 21.6. The summed E-state index contributed by atoms with van der Waals surface area (Å²) in [5, 5.41) is 8.05. The van der Waals surface area contributed by atoms with Crippen LogP contribution in [0.15, 0.2) is 79.1 Å². The molecule has 1 N–H and O–H groups in total. The van der Waals surface area contributed by atoms with Gasteiger partial charge < -0.3 is 5.32 Å². The van der Waals surface area contributed by atoms with Crippen LogP contribution in [-0.2, 0) is 6.54 Å². The molecule has 1 amide bonds. The van der Waals surface area contributed by atoms with Gasteiger partial charge >= 0.3 is 0 Å². The lowest BCUT2D eigenvalue weighted by atomic mass is 10.2. The molecule has 0 saturated heterocycles. The van der Waals surface area contributed by atoms with Crippen LogP contribution in [0.3, 0.4) is 0 Å². The Balaban J connectivity index is 1.49. The minimum atomic E-state index is -0.181. The Labute approximate surface area is 155 Å². The molecule has 26 heavy (non-hydrogen) atoms. The van der Waals surface area contributed by atoms with Crippen molar-refractivity contribution in [3.8, 4) is 10.6 Å². The number of hydrogen-bond donors (Lipinski definition) is 1. The summed E-state index contributed by atoms with van der Waals surface area (Å²) in [4.78, 5) is 17.5. The zero-order valence-electron chi connectivity index (χ0n) is 13.9. The fourth-order valence-electron chi connectivity index (χ4n) is 2.59. The van der Waals surface area contributed by atoms with Crippen molar-refractivity contribution in [3.05, 3.63) is 89.6 Å². The van der Waals surface area contributed by atoms with Gasteiger partial charge in [-0.2, -0.15) is 5.10 Å². The van der Waals surface area contributed by atoms with Crippen molar-refractivity contribution in [3.63, 3.8) is 0 Å². The van der Waals surface area contributed by atoms with Crippen molar-refractivity contribution in [1.29, 1.82) is 0 Å². The van der Waals surface area contributed by atoms with E-state index in [4.69, 9.17) is 0 Å². The molecule has 0 aliphatic carbocycles. The Morgan fingerprint density at radius 2 is 1.73 bits per heavy atom. The van der Waals surface area contributed by atoms with E-state index in [0.29, 0.717) is 17.2 Å². The standard InChI is InChI=1S/C20H16N4OS/c25-19(17-13-21-20(26-17)16-9-5-2-6-10-16)23-18-11-12-22-24(18)14-15-7-3-1-4-8-15/h1-13H,14H2,(H,23,25). The summed E-state index contributed by atoms with van der Waals surface area (Å²) >= 11 is 1.37. The number of nitrogens with zero attached hydrogens (tertiary/aromatic N) is 3. The van der Waals surface area contributed by atoms with Crippen LogP contribution in [0.25, 0.3) is 10.6 Å². The van der Waals surface area contributed by atoms with E-state index >= 15 is 0 Å². The number of hydrogen-bond acceptors (Lipinski definition) is 4. The van der Waals surface area contributed by atoms with Gasteiger partial charge in [-0.05, 0) is 5.56 Å². The number of benzene rings is 2. The van der Waals surface area contributed by atoms with Crippen LogP contribution in [0.5, 0.6) is 0 Å². The maximum Gasteiger partial charge on any atom is 0.268 e. The highest BCUT2D eigenvalue weighted by molar-refractivity contribution is 7.17. The Hall–Kier alpha value is -3.25. The van der Waals surface area contributed by atoms with Crippen LogP contribution in [0, 0.1) is 0 Å². The Kier molecular flexibility index (Phi) is 4.57. The quantitative estimate of drug-likeness (QED) is 0.577. The van der Waals surface area contributed by atoms with Gasteiger partial charge in [-0.1, -0.05) is 60.7 Å². The first-order valence-electron chi connectivity index (χ1n) is 8.18. The Morgan fingerprint density at radius 1 is 1.00 bits per heavy atom. The van der Waals surface area contributed by atoms with E-state index in [0.717, 1.165) is 16.1 Å². The lowest BCUT2D eigenvalue weighted by molar-refractivity contribution is 0.102. The van der Waals surface area contributed by atoms with Crippen molar-refractivity contribution in [2.45, 2.75) is 6.54 Å². The molecule has 2 aromatic heterocycles. The third-order valence-electron chi connectivity index (χ3n) is 3.88. The van der Waals surface area contributed by atoms with Gasteiger partial charge in [-0.25, -0.2) is 9.67 Å². The van der Waals surface area contributed by atoms with Crippen LogP contribution in [0.4, 0.5) is 5.82 Å². The number of carbonyl (C=O) groups excluding carboxylic acids is 1. The first-order valence-corrected chi connectivity index (χ1v) is 8.99. The number of thiazole rings is 1. The first-order chi connectivity index (χ1) is 12.8. The monoisotopic (exact) mass is 360 g/mol. The molecule has 128 valence electrons. The van der Waals surface area contributed by atoms with Gasteiger partial charge in [0.15, 0.2) is 0 Å². The van der Waals surface area contributed by atoms with Crippen molar-refractivity contribution in [1.82, 2.24) is 14.8 Å². The molecule has 0 aliphatic rings. The van der Waals surface area contributed by atoms with E-state index in [9.17, 15) is 4.79 Å². The Morgan fingerprint density at radius 3 is 2.50 bits per heavy atom. The van der Waals surface area contributed by atoms with E-state index in [2.05, 4.69) is 15.4 Å². The van der Waals surface area contributed by atoms with Crippen LogP contribution >= 0.6 is 11.3 Å². The molecular weight excluding hydrogens is 344 g/mol. The molecule has 2 aromatic carbocycles. The number of amides is 1. The predicted octanol–water partition coefficient (Wildman–Crippen LogP) is 4.31. The fourth-order valence-corrected chi connectivity index (χ4v) is 3.41. The second kappa shape index (κ2) is 7.33. The molecule has 2 heterocycles. The van der Waals surface area contributed by atoms with Gasteiger partial charge in [0.2, 0.25) is 0 Å². The smallest absolute Gasteiger partial charge is 0.268 e. The molecule has 4 rings (SSSR count). The number of anilines is 1. The third kappa shape index (κ3) is 3.55. The van der Waals surface area contributed by atoms with Crippen LogP contribution in [0.2, 0.25) is 0 Å². The predicted molar refractivity (Wildman–Crippen MR) is 103 cm³/mol. The lowest BCUT2D eigenvalue weighted by Crippen LogP contribution is -2.15. The maximum atomic E-state index is 12.6. The van der Waals surface area contributed by atoms with Crippen molar-refractivity contribution >= 4 is 23.1 Å². The second-order valence-electron chi connectivity index (χ2n) is 5.71. The summed E-state index contributed by atoms with van der Waals surface area (Å²) in [7, 11) is 0. The van der Waals surface area contributed by atoms with Crippen molar-refractivity contribution < 1.29 is 4.79 Å². The molecule has 0 atom stereocenters. The van der Waals surface area contributed by atoms with Crippen LogP contribution in [-0.4, -0.2) is 20.7 Å². The Bertz CT molecular complexity index is 1010. The molecular formula is C20H16N4OS. The average Bonchev–Trinajstić information content (AvgIpc) is 3.34. The molecule has 0 unspecified atom stereocenters. The molecule has 0 saturated carbocycles. The topological polar surface area (TPSA) is 59.8 Å². The summed E-state index contributed by atoms with van der Waals surface area (Å²) in [5.41, 5.74) is 2.13. The zero-order chi connectivity index (χ0) is 17.8. The van der Waals surface area contributed by atoms with Crippen LogP contribution < -0.4 is 5.32 Å². The van der Waals surface area contributed by atoms with Crippen LogP contribution in [0.1, 0.15) is 15.2 Å². The van der Waals surface area contributed by atoms with E-state index in [-0.39, 0.29) is 5.91 Å². The highest BCUT2D eigenvalue weighted by Crippen LogP contribution is 2.25. The highest BCUT2D eigenvalue weighted by Gasteiger charge is 2.14. The zero-order valence-corrected chi connectivity index (χ0v) is 14.7. The summed E-state index contributed by atoms with van der Waals surface area (Å²) in [6.07, 6.45) is 3.29. The van der Waals surface area contributed by atoms with Gasteiger partial charge in [0.05, 0.1) is 18.9 Å². The maximum absolute atomic E-state index is 12.6. The largest absolute Gasteiger partial charge is 0.306 e. The fraction of sp³-hybridized carbons (Fsp3) is 0.0500. The summed E-state index contributed by atoms with van der Waals surface area (Å²) in [6.45, 7) is 0.599. The number of rotatable bonds is 5. The first kappa shape index (κ1) is 16.2. The average molecular weight is 360 g/mol. The van der Waals surface area contributed by atoms with Crippen molar-refractivity contribution in [2.75, 3.05) is 5.32 Å². The minimum Gasteiger partial charge on any atom is -0.306 e. The number of carbonyl (C=O) groups is 1. The second-order valence-corrected chi connectivity index (χ2v) is 6.74. The van der Waals surface area contributed by atoms with Gasteiger partial charge in [0.1, 0.15) is 15.7 Å². The van der Waals surface area contributed by atoms with Gasteiger partial charge in [-0.15, -0.1) is 11.3 Å². The van der Waals surface area contributed by atoms with E-state index in [1.165, 1.54) is 11.3 Å². The van der Waals surface area contributed by atoms with Gasteiger partial charge in [0, 0.05) is 11.6 Å². The lowest BCUT2D eigenvalue weighted by Gasteiger charge is -2.08. The molecule has 4 aromatic rings. The van der Waals surface area contributed by atoms with E-state index < -0.39 is 0 Å². The van der Waals surface area contributed by atoms with Crippen molar-refractivity contribution in [2.24, 2.45) is 0 Å². The summed E-state index contributed by atoms with van der Waals surface area (Å²) in [5.74, 6) is 0.480. The van der Waals surface area contributed by atoms with E-state index in [1.54, 1.807) is 23.1 Å². The van der Waals surface area contributed by atoms with E-state index in [1.807, 2.05) is 60.7 Å². The SMILES string of the molecule is O=C(Nc1ccnn1Cc1ccccc1)c1cnc(-c2ccccc2)s1. The van der Waals surface area contributed by atoms with Gasteiger partial charge in [-0.3, -0.25) is 4.79 Å². The molecule has 0 radical (unpaired) electrons. The molecule has 6 heteroatoms. The molecule has 0 bridgehead atoms. The molecule has 0 fully saturated rings.